The van der Waals surface area contributed by atoms with E-state index in [9.17, 15) is 4.79 Å². The number of methoxy groups -OCH3 is 1. The van der Waals surface area contributed by atoms with Crippen LogP contribution in [0.1, 0.15) is 20.8 Å². The summed E-state index contributed by atoms with van der Waals surface area (Å²) in [6.07, 6.45) is 1.71. The third kappa shape index (κ3) is 4.68. The second kappa shape index (κ2) is 7.56. The quantitative estimate of drug-likeness (QED) is 0.567. The molecule has 0 unspecified atom stereocenters. The molecule has 0 N–H and O–H groups in total. The first kappa shape index (κ1) is 20.1. The molecule has 2 aromatic rings. The van der Waals surface area contributed by atoms with Gasteiger partial charge in [-0.3, -0.25) is 4.79 Å². The molecule has 0 saturated carbocycles. The maximum Gasteiger partial charge on any atom is 0.287 e. The monoisotopic (exact) mass is 396 g/mol. The highest BCUT2D eigenvalue weighted by atomic mass is 35.5. The predicted molar refractivity (Wildman–Crippen MR) is 109 cm³/mol. The number of benzene rings is 1. The van der Waals surface area contributed by atoms with Crippen molar-refractivity contribution in [1.82, 2.24) is 9.78 Å². The molecular weight excluding hydrogens is 372 g/mol. The fourth-order valence-corrected chi connectivity index (χ4v) is 6.81. The van der Waals surface area contributed by atoms with Gasteiger partial charge in [-0.25, -0.2) is 4.68 Å². The number of thioether (sulfide) groups is 1. The molecule has 136 valence electrons. The lowest BCUT2D eigenvalue weighted by atomic mass is 10.1. The zero-order valence-electron chi connectivity index (χ0n) is 15.6. The summed E-state index contributed by atoms with van der Waals surface area (Å²) in [5.41, 5.74) is -0.621. The largest absolute Gasteiger partial charge is 0.497 e. The van der Waals surface area contributed by atoms with Crippen LogP contribution in [0.15, 0.2) is 40.2 Å². The average molecular weight is 397 g/mol. The molecule has 25 heavy (non-hydrogen) atoms. The second-order valence-corrected chi connectivity index (χ2v) is 14.2. The number of ether oxygens (including phenoxy) is 1. The molecule has 0 spiro atoms. The summed E-state index contributed by atoms with van der Waals surface area (Å²) in [4.78, 5) is 13.2. The minimum atomic E-state index is -1.68. The minimum Gasteiger partial charge on any atom is -0.497 e. The van der Waals surface area contributed by atoms with E-state index in [-0.39, 0.29) is 16.1 Å². The Morgan fingerprint density at radius 2 is 1.84 bits per heavy atom. The Labute approximate surface area is 159 Å². The van der Waals surface area contributed by atoms with Gasteiger partial charge in [-0.15, -0.1) is 11.8 Å². The molecule has 2 rings (SSSR count). The maximum absolute atomic E-state index is 12.5. The van der Waals surface area contributed by atoms with Crippen molar-refractivity contribution in [1.29, 1.82) is 0 Å². The van der Waals surface area contributed by atoms with E-state index in [0.717, 1.165) is 16.0 Å². The summed E-state index contributed by atoms with van der Waals surface area (Å²) in [6.45, 7) is 10.4. The van der Waals surface area contributed by atoms with Gasteiger partial charge in [-0.05, 0) is 38.3 Å². The van der Waals surface area contributed by atoms with Gasteiger partial charge in [0, 0.05) is 0 Å². The van der Waals surface area contributed by atoms with E-state index in [1.807, 2.05) is 32.9 Å². The molecule has 7 heteroatoms. The van der Waals surface area contributed by atoms with Crippen LogP contribution < -0.4 is 15.5 Å². The lowest BCUT2D eigenvalue weighted by Gasteiger charge is -2.24. The van der Waals surface area contributed by atoms with Crippen molar-refractivity contribution in [3.05, 3.63) is 45.8 Å². The lowest BCUT2D eigenvalue weighted by molar-refractivity contribution is 0.336. The van der Waals surface area contributed by atoms with E-state index in [1.54, 1.807) is 25.1 Å². The third-order valence-electron chi connectivity index (χ3n) is 3.98. The summed E-state index contributed by atoms with van der Waals surface area (Å²) >= 11 is 7.94. The van der Waals surface area contributed by atoms with Crippen LogP contribution in [0, 0.1) is 0 Å². The zero-order chi connectivity index (χ0) is 18.8. The minimum absolute atomic E-state index is 0.233. The van der Waals surface area contributed by atoms with Gasteiger partial charge in [0.2, 0.25) is 0 Å². The normalized spacial score (nSPS) is 12.3. The molecule has 0 aliphatic carbocycles. The summed E-state index contributed by atoms with van der Waals surface area (Å²) < 4.78 is 6.66. The van der Waals surface area contributed by atoms with E-state index < -0.39 is 8.07 Å². The van der Waals surface area contributed by atoms with E-state index >= 15 is 0 Å². The van der Waals surface area contributed by atoms with Gasteiger partial charge < -0.3 is 4.74 Å². The number of rotatable bonds is 5. The Kier molecular flexibility index (Phi) is 6.07. The fraction of sp³-hybridized carbons (Fsp3) is 0.444. The van der Waals surface area contributed by atoms with Crippen molar-refractivity contribution in [2.24, 2.45) is 0 Å². The number of hydrogen-bond acceptors (Lipinski definition) is 4. The van der Waals surface area contributed by atoms with Crippen molar-refractivity contribution in [3.63, 3.8) is 0 Å². The van der Waals surface area contributed by atoms with Gasteiger partial charge in [0.05, 0.1) is 31.8 Å². The molecule has 0 fully saturated rings. The Morgan fingerprint density at radius 1 is 1.24 bits per heavy atom. The Bertz CT molecular complexity index is 798. The zero-order valence-corrected chi connectivity index (χ0v) is 18.2. The van der Waals surface area contributed by atoms with Gasteiger partial charge in [0.15, 0.2) is 0 Å². The van der Waals surface area contributed by atoms with Crippen LogP contribution in [0.3, 0.4) is 0 Å². The van der Waals surface area contributed by atoms with Gasteiger partial charge in [0.25, 0.3) is 5.56 Å². The van der Waals surface area contributed by atoms with Crippen LogP contribution >= 0.6 is 23.4 Å². The highest BCUT2D eigenvalue weighted by molar-refractivity contribution is 8.01. The number of aromatic nitrogens is 2. The van der Waals surface area contributed by atoms with E-state index in [0.29, 0.717) is 0 Å². The molecule has 0 aliphatic rings. The fourth-order valence-electron chi connectivity index (χ4n) is 2.38. The summed E-state index contributed by atoms with van der Waals surface area (Å²) in [6, 6.07) is 8.24. The van der Waals surface area contributed by atoms with Gasteiger partial charge in [-0.1, -0.05) is 42.0 Å². The van der Waals surface area contributed by atoms with Crippen molar-refractivity contribution in [3.8, 4) is 5.75 Å². The Morgan fingerprint density at radius 3 is 2.36 bits per heavy atom. The standard InChI is InChI=1S/C18H25ClN2O2SSi/c1-18(2,3)21-17(22)16(19)15(11-20-21)24-12-25(5,6)14-9-7-13(23-4)8-10-14/h7-11H,12H2,1-6H3. The predicted octanol–water partition coefficient (Wildman–Crippen LogP) is 3.91. The van der Waals surface area contributed by atoms with Crippen molar-refractivity contribution in [2.75, 3.05) is 12.5 Å². The topological polar surface area (TPSA) is 44.1 Å². The van der Waals surface area contributed by atoms with Crippen LogP contribution in [0.4, 0.5) is 0 Å². The molecule has 1 aromatic heterocycles. The molecule has 0 aliphatic heterocycles. The molecule has 1 heterocycles. The summed E-state index contributed by atoms with van der Waals surface area (Å²) in [5.74, 6) is 0.860. The van der Waals surface area contributed by atoms with Gasteiger partial charge >= 0.3 is 0 Å². The van der Waals surface area contributed by atoms with Crippen molar-refractivity contribution in [2.45, 2.75) is 44.3 Å². The first-order valence-electron chi connectivity index (χ1n) is 8.12. The van der Waals surface area contributed by atoms with Crippen LogP contribution in [0.5, 0.6) is 5.75 Å². The van der Waals surface area contributed by atoms with E-state index in [4.69, 9.17) is 16.3 Å². The number of hydrogen-bond donors (Lipinski definition) is 0. The van der Waals surface area contributed by atoms with Crippen LogP contribution in [0.25, 0.3) is 0 Å². The van der Waals surface area contributed by atoms with E-state index in [2.05, 4.69) is 30.3 Å². The molecule has 4 nitrogen and oxygen atoms in total. The van der Waals surface area contributed by atoms with Gasteiger partial charge in [0.1, 0.15) is 10.8 Å². The summed E-state index contributed by atoms with van der Waals surface area (Å²) in [7, 11) is -0.00745. The second-order valence-electron chi connectivity index (χ2n) is 7.61. The molecule has 0 radical (unpaired) electrons. The van der Waals surface area contributed by atoms with Crippen LogP contribution in [0.2, 0.25) is 18.1 Å². The first-order valence-corrected chi connectivity index (χ1v) is 12.7. The van der Waals surface area contributed by atoms with Crippen LogP contribution in [-0.2, 0) is 5.54 Å². The first-order chi connectivity index (χ1) is 11.6. The third-order valence-corrected chi connectivity index (χ3v) is 10.4. The Hall–Kier alpha value is -1.24. The highest BCUT2D eigenvalue weighted by Crippen LogP contribution is 2.27. The number of halogens is 1. The SMILES string of the molecule is COc1ccc([Si](C)(C)CSc2cnn(C(C)(C)C)c(=O)c2Cl)cc1. The molecule has 0 atom stereocenters. The average Bonchev–Trinajstić information content (AvgIpc) is 2.55. The highest BCUT2D eigenvalue weighted by Gasteiger charge is 2.25. The Balaban J connectivity index is 2.20. The molecule has 0 amide bonds. The van der Waals surface area contributed by atoms with E-state index in [1.165, 1.54) is 9.87 Å². The summed E-state index contributed by atoms with van der Waals surface area (Å²) in [5, 5.41) is 6.82. The smallest absolute Gasteiger partial charge is 0.287 e. The lowest BCUT2D eigenvalue weighted by Crippen LogP contribution is -2.44. The molecule has 0 saturated heterocycles. The molecule has 1 aromatic carbocycles. The number of nitrogens with zero attached hydrogens (tertiary/aromatic N) is 2. The molecule has 0 bridgehead atoms. The molecular formula is C18H25ClN2O2SSi. The van der Waals surface area contributed by atoms with Gasteiger partial charge in [-0.2, -0.15) is 5.10 Å². The maximum atomic E-state index is 12.5. The van der Waals surface area contributed by atoms with Crippen molar-refractivity contribution >= 4 is 36.6 Å². The van der Waals surface area contributed by atoms with Crippen molar-refractivity contribution < 1.29 is 4.74 Å². The van der Waals surface area contributed by atoms with Crippen LogP contribution in [-0.4, -0.2) is 30.3 Å².